The maximum absolute atomic E-state index is 5.42. The van der Waals surface area contributed by atoms with Crippen LogP contribution in [0.15, 0.2) is 63.6 Å². The first-order valence-electron chi connectivity index (χ1n) is 7.31. The number of benzene rings is 1. The molecule has 0 aliphatic heterocycles. The van der Waals surface area contributed by atoms with Crippen molar-refractivity contribution in [2.45, 2.75) is 17.5 Å². The molecule has 0 aliphatic carbocycles. The minimum atomic E-state index is 0.654. The van der Waals surface area contributed by atoms with Crippen molar-refractivity contribution in [2.75, 3.05) is 0 Å². The topological polar surface area (TPSA) is 69.6 Å². The van der Waals surface area contributed by atoms with Crippen molar-refractivity contribution < 1.29 is 4.52 Å². The molecule has 0 bridgehead atoms. The van der Waals surface area contributed by atoms with Crippen molar-refractivity contribution in [2.24, 2.45) is 0 Å². The summed E-state index contributed by atoms with van der Waals surface area (Å²) in [5, 5.41) is 18.9. The fraction of sp³-hybridized carbons (Fsp3) is 0.125. The normalized spacial score (nSPS) is 11.0. The molecular weight excluding hydrogens is 342 g/mol. The van der Waals surface area contributed by atoms with Gasteiger partial charge in [-0.05, 0) is 21.9 Å². The smallest absolute Gasteiger partial charge is 0.210 e. The van der Waals surface area contributed by atoms with Gasteiger partial charge in [-0.3, -0.25) is 0 Å². The Hall–Kier alpha value is -2.45. The van der Waals surface area contributed by atoms with Crippen LogP contribution in [0.1, 0.15) is 10.6 Å². The van der Waals surface area contributed by atoms with Gasteiger partial charge < -0.3 is 4.52 Å². The van der Waals surface area contributed by atoms with E-state index in [9.17, 15) is 0 Å². The molecule has 24 heavy (non-hydrogen) atoms. The van der Waals surface area contributed by atoms with Gasteiger partial charge in [-0.25, -0.2) is 4.68 Å². The van der Waals surface area contributed by atoms with Crippen LogP contribution in [0.5, 0.6) is 0 Å². The molecule has 0 N–H and O–H groups in total. The van der Waals surface area contributed by atoms with Gasteiger partial charge in [0.1, 0.15) is 0 Å². The molecule has 0 aliphatic rings. The summed E-state index contributed by atoms with van der Waals surface area (Å²) in [5.41, 5.74) is 1.88. The summed E-state index contributed by atoms with van der Waals surface area (Å²) < 4.78 is 7.22. The van der Waals surface area contributed by atoms with E-state index in [0.717, 1.165) is 22.2 Å². The van der Waals surface area contributed by atoms with E-state index in [1.54, 1.807) is 27.8 Å². The lowest BCUT2D eigenvalue weighted by atomic mass is 10.2. The number of nitrogens with zero attached hydrogens (tertiary/aromatic N) is 5. The molecule has 0 atom stereocenters. The van der Waals surface area contributed by atoms with Crippen LogP contribution in [-0.4, -0.2) is 25.4 Å². The quantitative estimate of drug-likeness (QED) is 0.491. The molecule has 0 spiro atoms. The van der Waals surface area contributed by atoms with Crippen LogP contribution in [0, 0.1) is 0 Å². The second-order valence-electron chi connectivity index (χ2n) is 5.04. The van der Waals surface area contributed by atoms with Crippen LogP contribution in [-0.2, 0) is 12.3 Å². The molecule has 0 saturated carbocycles. The van der Waals surface area contributed by atoms with Crippen molar-refractivity contribution in [1.82, 2.24) is 25.4 Å². The molecule has 6 nitrogen and oxygen atoms in total. The number of hydrogen-bond acceptors (Lipinski definition) is 7. The molecule has 3 aromatic heterocycles. The zero-order valence-electron chi connectivity index (χ0n) is 12.6. The van der Waals surface area contributed by atoms with Gasteiger partial charge in [0.25, 0.3) is 0 Å². The second kappa shape index (κ2) is 6.98. The highest BCUT2D eigenvalue weighted by molar-refractivity contribution is 7.98. The van der Waals surface area contributed by atoms with Gasteiger partial charge in [0.15, 0.2) is 5.76 Å². The van der Waals surface area contributed by atoms with Gasteiger partial charge in [0.2, 0.25) is 5.16 Å². The third-order valence-corrected chi connectivity index (χ3v) is 5.20. The number of aromatic nitrogens is 5. The van der Waals surface area contributed by atoms with E-state index in [4.69, 9.17) is 4.52 Å². The van der Waals surface area contributed by atoms with E-state index in [1.165, 1.54) is 4.88 Å². The highest BCUT2D eigenvalue weighted by Crippen LogP contribution is 2.25. The predicted octanol–water partition coefficient (Wildman–Crippen LogP) is 3.73. The van der Waals surface area contributed by atoms with Crippen LogP contribution >= 0.6 is 23.1 Å². The minimum Gasteiger partial charge on any atom is -0.356 e. The second-order valence-corrected chi connectivity index (χ2v) is 7.01. The van der Waals surface area contributed by atoms with Gasteiger partial charge in [-0.1, -0.05) is 53.3 Å². The number of tetrazole rings is 1. The van der Waals surface area contributed by atoms with Gasteiger partial charge in [0, 0.05) is 22.3 Å². The van der Waals surface area contributed by atoms with E-state index in [2.05, 4.69) is 26.7 Å². The summed E-state index contributed by atoms with van der Waals surface area (Å²) in [5.74, 6) is 1.42. The molecule has 0 radical (unpaired) electrons. The van der Waals surface area contributed by atoms with Crippen molar-refractivity contribution in [3.63, 3.8) is 0 Å². The van der Waals surface area contributed by atoms with Crippen molar-refractivity contribution in [3.8, 4) is 11.3 Å². The molecule has 0 unspecified atom stereocenters. The molecule has 4 rings (SSSR count). The highest BCUT2D eigenvalue weighted by Gasteiger charge is 2.11. The van der Waals surface area contributed by atoms with Crippen LogP contribution in [0.2, 0.25) is 0 Å². The number of hydrogen-bond donors (Lipinski definition) is 0. The zero-order chi connectivity index (χ0) is 16.2. The van der Waals surface area contributed by atoms with E-state index in [1.807, 2.05) is 47.8 Å². The van der Waals surface area contributed by atoms with E-state index < -0.39 is 0 Å². The average molecular weight is 355 g/mol. The molecular formula is C16H13N5OS2. The molecule has 1 aromatic carbocycles. The third-order valence-electron chi connectivity index (χ3n) is 3.35. The lowest BCUT2D eigenvalue weighted by molar-refractivity contribution is 0.426. The largest absolute Gasteiger partial charge is 0.356 e. The summed E-state index contributed by atoms with van der Waals surface area (Å²) >= 11 is 3.24. The predicted molar refractivity (Wildman–Crippen MR) is 92.7 cm³/mol. The monoisotopic (exact) mass is 355 g/mol. The van der Waals surface area contributed by atoms with Crippen LogP contribution in [0.3, 0.4) is 0 Å². The van der Waals surface area contributed by atoms with Gasteiger partial charge in [-0.2, -0.15) is 0 Å². The highest BCUT2D eigenvalue weighted by atomic mass is 32.2. The number of rotatable bonds is 6. The third kappa shape index (κ3) is 3.39. The lowest BCUT2D eigenvalue weighted by Gasteiger charge is -2.01. The fourth-order valence-electron chi connectivity index (χ4n) is 2.21. The summed E-state index contributed by atoms with van der Waals surface area (Å²) in [6, 6.07) is 16.0. The molecule has 4 aromatic rings. The molecule has 0 amide bonds. The summed E-state index contributed by atoms with van der Waals surface area (Å²) in [6.07, 6.45) is 0. The molecule has 0 fully saturated rings. The van der Waals surface area contributed by atoms with Gasteiger partial charge in [-0.15, -0.1) is 16.4 Å². The van der Waals surface area contributed by atoms with Gasteiger partial charge in [0.05, 0.1) is 12.2 Å². The lowest BCUT2D eigenvalue weighted by Crippen LogP contribution is -2.02. The summed E-state index contributed by atoms with van der Waals surface area (Å²) in [7, 11) is 0. The average Bonchev–Trinajstić information content (AvgIpc) is 3.37. The maximum Gasteiger partial charge on any atom is 0.210 e. The Kier molecular flexibility index (Phi) is 4.39. The van der Waals surface area contributed by atoms with Crippen molar-refractivity contribution in [1.29, 1.82) is 0 Å². The standard InChI is InChI=1S/C16H13N5OS2/c1-2-5-12(6-3-1)15-9-13(18-22-15)11-24-16-17-19-20-21(16)10-14-7-4-8-23-14/h1-9H,10-11H2. The van der Waals surface area contributed by atoms with Crippen molar-refractivity contribution >= 4 is 23.1 Å². The Labute approximate surface area is 146 Å². The summed E-state index contributed by atoms with van der Waals surface area (Å²) in [6.45, 7) is 0.682. The Balaban J connectivity index is 1.43. The first-order chi connectivity index (χ1) is 11.9. The Morgan fingerprint density at radius 2 is 2.04 bits per heavy atom. The van der Waals surface area contributed by atoms with Crippen LogP contribution in [0.25, 0.3) is 11.3 Å². The Morgan fingerprint density at radius 1 is 1.12 bits per heavy atom. The van der Waals surface area contributed by atoms with E-state index in [0.29, 0.717) is 12.3 Å². The molecule has 0 saturated heterocycles. The van der Waals surface area contributed by atoms with E-state index in [-0.39, 0.29) is 0 Å². The van der Waals surface area contributed by atoms with Crippen LogP contribution in [0.4, 0.5) is 0 Å². The minimum absolute atomic E-state index is 0.654. The van der Waals surface area contributed by atoms with Crippen molar-refractivity contribution in [3.05, 3.63) is 64.5 Å². The first-order valence-corrected chi connectivity index (χ1v) is 9.17. The molecule has 120 valence electrons. The first kappa shape index (κ1) is 15.1. The van der Waals surface area contributed by atoms with Gasteiger partial charge >= 0.3 is 0 Å². The maximum atomic E-state index is 5.42. The molecule has 3 heterocycles. The Bertz CT molecular complexity index is 902. The Morgan fingerprint density at radius 3 is 2.88 bits per heavy atom. The van der Waals surface area contributed by atoms with Crippen LogP contribution < -0.4 is 0 Å². The summed E-state index contributed by atoms with van der Waals surface area (Å²) in [4.78, 5) is 1.22. The number of thioether (sulfide) groups is 1. The number of thiophene rings is 1. The van der Waals surface area contributed by atoms with E-state index >= 15 is 0 Å². The zero-order valence-corrected chi connectivity index (χ0v) is 14.2. The SMILES string of the molecule is c1ccc(-c2cc(CSc3nnnn3Cc3cccs3)no2)cc1. The molecule has 8 heteroatoms. The fourth-order valence-corrected chi connectivity index (χ4v) is 3.65.